The Balaban J connectivity index is 2.05. The predicted molar refractivity (Wildman–Crippen MR) is 70.1 cm³/mol. The zero-order valence-corrected chi connectivity index (χ0v) is 11.4. The third kappa shape index (κ3) is 3.16. The minimum atomic E-state index is -1.05. The van der Waals surface area contributed by atoms with Gasteiger partial charge in [-0.2, -0.15) is 0 Å². The Hall–Kier alpha value is -1.33. The highest BCUT2D eigenvalue weighted by molar-refractivity contribution is 5.84. The summed E-state index contributed by atoms with van der Waals surface area (Å²) >= 11 is 0. The molecule has 0 aromatic carbocycles. The molecule has 1 saturated carbocycles. The van der Waals surface area contributed by atoms with Gasteiger partial charge in [0.25, 0.3) is 0 Å². The van der Waals surface area contributed by atoms with Crippen molar-refractivity contribution in [2.45, 2.75) is 51.3 Å². The number of carbonyl (C=O) groups is 1. The van der Waals surface area contributed by atoms with Crippen molar-refractivity contribution in [3.63, 3.8) is 0 Å². The van der Waals surface area contributed by atoms with Gasteiger partial charge < -0.3 is 14.6 Å². The smallest absolute Gasteiger partial charge is 0.371 e. The van der Waals surface area contributed by atoms with Gasteiger partial charge in [-0.15, -0.1) is 0 Å². The van der Waals surface area contributed by atoms with Crippen molar-refractivity contribution in [1.82, 2.24) is 4.90 Å². The van der Waals surface area contributed by atoms with E-state index in [2.05, 4.69) is 4.90 Å². The first-order valence-corrected chi connectivity index (χ1v) is 6.70. The van der Waals surface area contributed by atoms with Crippen molar-refractivity contribution < 1.29 is 19.4 Å². The lowest BCUT2D eigenvalue weighted by molar-refractivity contribution is 0.0286. The molecule has 2 atom stereocenters. The predicted octanol–water partition coefficient (Wildman–Crippen LogP) is 2.02. The lowest BCUT2D eigenvalue weighted by atomic mass is 9.91. The summed E-state index contributed by atoms with van der Waals surface area (Å²) in [6, 6.07) is 1.72. The molecule has 0 aliphatic heterocycles. The first-order valence-electron chi connectivity index (χ1n) is 6.70. The largest absolute Gasteiger partial charge is 0.475 e. The molecule has 106 valence electrons. The van der Waals surface area contributed by atoms with E-state index in [1.807, 2.05) is 7.05 Å². The molecule has 5 nitrogen and oxygen atoms in total. The van der Waals surface area contributed by atoms with Crippen LogP contribution in [0.1, 0.15) is 47.6 Å². The van der Waals surface area contributed by atoms with E-state index in [-0.39, 0.29) is 17.9 Å². The van der Waals surface area contributed by atoms with Crippen LogP contribution in [0.25, 0.3) is 0 Å². The maximum Gasteiger partial charge on any atom is 0.371 e. The average molecular weight is 267 g/mol. The molecule has 2 unspecified atom stereocenters. The zero-order chi connectivity index (χ0) is 14.0. The fourth-order valence-electron chi connectivity index (χ4n) is 2.77. The summed E-state index contributed by atoms with van der Waals surface area (Å²) in [4.78, 5) is 12.9. The number of likely N-dealkylation sites (N-methyl/N-ethyl adjacent to an activating group) is 1. The van der Waals surface area contributed by atoms with Crippen LogP contribution < -0.4 is 0 Å². The summed E-state index contributed by atoms with van der Waals surface area (Å²) in [7, 11) is 1.96. The Morgan fingerprint density at radius 1 is 1.47 bits per heavy atom. The van der Waals surface area contributed by atoms with Crippen molar-refractivity contribution in [3.8, 4) is 0 Å². The van der Waals surface area contributed by atoms with Gasteiger partial charge in [-0.25, -0.2) is 4.79 Å². The van der Waals surface area contributed by atoms with Crippen LogP contribution in [0, 0.1) is 6.92 Å². The molecule has 19 heavy (non-hydrogen) atoms. The van der Waals surface area contributed by atoms with E-state index < -0.39 is 5.97 Å². The standard InChI is InChI=1S/C14H21NO4/c1-9-10(7-13(19-9)14(17)18)8-15(2)11-5-3-4-6-12(11)16/h7,11-12,16H,3-6,8H2,1-2H3,(H,17,18). The molecule has 5 heteroatoms. The number of aliphatic hydroxyl groups excluding tert-OH is 1. The van der Waals surface area contributed by atoms with Crippen LogP contribution in [0.3, 0.4) is 0 Å². The van der Waals surface area contributed by atoms with E-state index in [1.54, 1.807) is 13.0 Å². The topological polar surface area (TPSA) is 73.9 Å². The zero-order valence-electron chi connectivity index (χ0n) is 11.4. The second kappa shape index (κ2) is 5.75. The molecular weight excluding hydrogens is 246 g/mol. The molecule has 1 fully saturated rings. The van der Waals surface area contributed by atoms with E-state index in [1.165, 1.54) is 0 Å². The number of hydrogen-bond donors (Lipinski definition) is 2. The van der Waals surface area contributed by atoms with E-state index in [0.29, 0.717) is 12.3 Å². The van der Waals surface area contributed by atoms with Gasteiger partial charge >= 0.3 is 5.97 Å². The summed E-state index contributed by atoms with van der Waals surface area (Å²) in [5, 5.41) is 18.9. The minimum Gasteiger partial charge on any atom is -0.475 e. The molecule has 2 rings (SSSR count). The normalized spacial score (nSPS) is 23.8. The van der Waals surface area contributed by atoms with Gasteiger partial charge in [0.2, 0.25) is 5.76 Å². The van der Waals surface area contributed by atoms with E-state index >= 15 is 0 Å². The number of aliphatic hydroxyl groups is 1. The second-order valence-corrected chi connectivity index (χ2v) is 5.33. The average Bonchev–Trinajstić information content (AvgIpc) is 2.71. The Morgan fingerprint density at radius 3 is 2.74 bits per heavy atom. The van der Waals surface area contributed by atoms with Gasteiger partial charge in [0.1, 0.15) is 5.76 Å². The van der Waals surface area contributed by atoms with Crippen LogP contribution in [-0.2, 0) is 6.54 Å². The molecule has 1 heterocycles. The van der Waals surface area contributed by atoms with Gasteiger partial charge in [0.05, 0.1) is 6.10 Å². The van der Waals surface area contributed by atoms with Crippen LogP contribution in [0.5, 0.6) is 0 Å². The summed E-state index contributed by atoms with van der Waals surface area (Å²) in [5.41, 5.74) is 0.873. The molecule has 1 aromatic heterocycles. The van der Waals surface area contributed by atoms with E-state index in [4.69, 9.17) is 9.52 Å². The van der Waals surface area contributed by atoms with Gasteiger partial charge in [0.15, 0.2) is 0 Å². The van der Waals surface area contributed by atoms with Crippen molar-refractivity contribution in [1.29, 1.82) is 0 Å². The van der Waals surface area contributed by atoms with Crippen LogP contribution in [-0.4, -0.2) is 40.3 Å². The van der Waals surface area contributed by atoms with Gasteiger partial charge in [-0.3, -0.25) is 4.90 Å². The van der Waals surface area contributed by atoms with Crippen molar-refractivity contribution in [3.05, 3.63) is 23.2 Å². The van der Waals surface area contributed by atoms with Gasteiger partial charge in [0, 0.05) is 18.2 Å². The molecule has 2 N–H and O–H groups in total. The fraction of sp³-hybridized carbons (Fsp3) is 0.643. The lowest BCUT2D eigenvalue weighted by Gasteiger charge is -2.35. The molecule has 1 aromatic rings. The van der Waals surface area contributed by atoms with E-state index in [9.17, 15) is 9.90 Å². The summed E-state index contributed by atoms with van der Waals surface area (Å²) < 4.78 is 5.20. The molecule has 0 spiro atoms. The third-order valence-corrected chi connectivity index (χ3v) is 3.91. The maximum absolute atomic E-state index is 10.9. The quantitative estimate of drug-likeness (QED) is 0.873. The lowest BCUT2D eigenvalue weighted by Crippen LogP contribution is -2.42. The number of nitrogens with zero attached hydrogens (tertiary/aromatic N) is 1. The van der Waals surface area contributed by atoms with Crippen LogP contribution >= 0.6 is 0 Å². The summed E-state index contributed by atoms with van der Waals surface area (Å²) in [6.07, 6.45) is 3.76. The Labute approximate surface area is 112 Å². The Morgan fingerprint density at radius 2 is 2.16 bits per heavy atom. The highest BCUT2D eigenvalue weighted by Gasteiger charge is 2.27. The number of carboxylic acids is 1. The number of furan rings is 1. The van der Waals surface area contributed by atoms with Gasteiger partial charge in [-0.1, -0.05) is 12.8 Å². The number of hydrogen-bond acceptors (Lipinski definition) is 4. The highest BCUT2D eigenvalue weighted by atomic mass is 16.4. The molecular formula is C14H21NO4. The molecule has 0 radical (unpaired) electrons. The van der Waals surface area contributed by atoms with Crippen molar-refractivity contribution in [2.24, 2.45) is 0 Å². The number of carboxylic acid groups (broad SMARTS) is 1. The number of aryl methyl sites for hydroxylation is 1. The van der Waals surface area contributed by atoms with Crippen molar-refractivity contribution >= 4 is 5.97 Å². The Bertz CT molecular complexity index is 454. The third-order valence-electron chi connectivity index (χ3n) is 3.91. The van der Waals surface area contributed by atoms with Crippen LogP contribution in [0.4, 0.5) is 0 Å². The molecule has 0 amide bonds. The number of aromatic carboxylic acids is 1. The fourth-order valence-corrected chi connectivity index (χ4v) is 2.77. The first kappa shape index (κ1) is 14.1. The highest BCUT2D eigenvalue weighted by Crippen LogP contribution is 2.25. The van der Waals surface area contributed by atoms with Crippen LogP contribution in [0.2, 0.25) is 0 Å². The monoisotopic (exact) mass is 267 g/mol. The van der Waals surface area contributed by atoms with Gasteiger partial charge in [-0.05, 0) is 32.9 Å². The van der Waals surface area contributed by atoms with E-state index in [0.717, 1.165) is 31.2 Å². The summed E-state index contributed by atoms with van der Waals surface area (Å²) in [5.74, 6) is -0.436. The maximum atomic E-state index is 10.9. The Kier molecular flexibility index (Phi) is 4.27. The second-order valence-electron chi connectivity index (χ2n) is 5.33. The SMILES string of the molecule is Cc1oc(C(=O)O)cc1CN(C)C1CCCCC1O. The molecule has 0 bridgehead atoms. The van der Waals surface area contributed by atoms with Crippen molar-refractivity contribution in [2.75, 3.05) is 7.05 Å². The van der Waals surface area contributed by atoms with Crippen LogP contribution in [0.15, 0.2) is 10.5 Å². The number of rotatable bonds is 4. The first-order chi connectivity index (χ1) is 8.99. The minimum absolute atomic E-state index is 0.0231. The molecule has 0 saturated heterocycles. The summed E-state index contributed by atoms with van der Waals surface area (Å²) in [6.45, 7) is 2.37. The molecule has 1 aliphatic rings. The molecule has 1 aliphatic carbocycles.